The van der Waals surface area contributed by atoms with E-state index in [4.69, 9.17) is 9.47 Å². The average Bonchev–Trinajstić information content (AvgIpc) is 2.97. The quantitative estimate of drug-likeness (QED) is 0.845. The molecule has 2 N–H and O–H groups in total. The zero-order valence-corrected chi connectivity index (χ0v) is 11.5. The molecule has 0 saturated heterocycles. The van der Waals surface area contributed by atoms with Crippen LogP contribution >= 0.6 is 0 Å². The molecular weight excluding hydrogens is 258 g/mol. The molecule has 20 heavy (non-hydrogen) atoms. The number of ether oxygens (including phenoxy) is 2. The molecule has 2 rings (SSSR count). The number of nitrogens with one attached hydrogen (secondary N) is 2. The predicted octanol–water partition coefficient (Wildman–Crippen LogP) is 2.00. The summed E-state index contributed by atoms with van der Waals surface area (Å²) in [6.07, 6.45) is 2.60. The van der Waals surface area contributed by atoms with Gasteiger partial charge < -0.3 is 14.8 Å². The van der Waals surface area contributed by atoms with Gasteiger partial charge in [-0.05, 0) is 24.1 Å². The number of methoxy groups -OCH3 is 2. The van der Waals surface area contributed by atoms with E-state index in [-0.39, 0.29) is 5.91 Å². The minimum atomic E-state index is -0.0657. The van der Waals surface area contributed by atoms with Crippen molar-refractivity contribution < 1.29 is 14.3 Å². The summed E-state index contributed by atoms with van der Waals surface area (Å²) in [5.74, 6) is 1.88. The zero-order chi connectivity index (χ0) is 14.4. The number of hydrogen-bond donors (Lipinski definition) is 2. The molecule has 1 aromatic carbocycles. The van der Waals surface area contributed by atoms with Gasteiger partial charge in [-0.1, -0.05) is 6.07 Å². The summed E-state index contributed by atoms with van der Waals surface area (Å²) in [5, 5.41) is 9.18. The van der Waals surface area contributed by atoms with Crippen LogP contribution in [0.1, 0.15) is 12.0 Å². The molecule has 2 aromatic rings. The highest BCUT2D eigenvalue weighted by Crippen LogP contribution is 2.27. The number of benzene rings is 1. The number of aromatic amines is 1. The monoisotopic (exact) mass is 275 g/mol. The summed E-state index contributed by atoms with van der Waals surface area (Å²) in [4.78, 5) is 11.7. The Morgan fingerprint density at radius 2 is 2.05 bits per heavy atom. The number of amides is 1. The number of H-pyrrole nitrogens is 1. The van der Waals surface area contributed by atoms with Gasteiger partial charge in [0.15, 0.2) is 11.5 Å². The van der Waals surface area contributed by atoms with Gasteiger partial charge in [0.25, 0.3) is 0 Å². The molecule has 0 aliphatic rings. The van der Waals surface area contributed by atoms with Gasteiger partial charge in [-0.3, -0.25) is 9.89 Å². The van der Waals surface area contributed by atoms with Crippen molar-refractivity contribution in [3.8, 4) is 11.5 Å². The second-order valence-corrected chi connectivity index (χ2v) is 4.21. The van der Waals surface area contributed by atoms with E-state index in [1.54, 1.807) is 26.5 Å². The fourth-order valence-electron chi connectivity index (χ4n) is 1.83. The molecule has 6 heteroatoms. The largest absolute Gasteiger partial charge is 0.493 e. The van der Waals surface area contributed by atoms with E-state index < -0.39 is 0 Å². The van der Waals surface area contributed by atoms with Crippen LogP contribution < -0.4 is 14.8 Å². The molecular formula is C14H17N3O3. The molecule has 0 fully saturated rings. The molecule has 0 aliphatic heterocycles. The SMILES string of the molecule is COc1ccc(CCC(=O)Nc2ccn[nH]2)cc1OC. The summed E-state index contributed by atoms with van der Waals surface area (Å²) in [5.41, 5.74) is 1.02. The first-order valence-corrected chi connectivity index (χ1v) is 6.23. The highest BCUT2D eigenvalue weighted by atomic mass is 16.5. The molecule has 0 atom stereocenters. The summed E-state index contributed by atoms with van der Waals surface area (Å²) in [6.45, 7) is 0. The van der Waals surface area contributed by atoms with Crippen LogP contribution in [0.3, 0.4) is 0 Å². The van der Waals surface area contributed by atoms with Crippen molar-refractivity contribution in [2.75, 3.05) is 19.5 Å². The van der Waals surface area contributed by atoms with Crippen molar-refractivity contribution in [3.05, 3.63) is 36.0 Å². The third kappa shape index (κ3) is 3.50. The number of rotatable bonds is 6. The Hall–Kier alpha value is -2.50. The second-order valence-electron chi connectivity index (χ2n) is 4.21. The molecule has 0 bridgehead atoms. The lowest BCUT2D eigenvalue weighted by molar-refractivity contribution is -0.116. The molecule has 6 nitrogen and oxygen atoms in total. The van der Waals surface area contributed by atoms with Crippen LogP contribution in [0.2, 0.25) is 0 Å². The van der Waals surface area contributed by atoms with Crippen LogP contribution in [-0.4, -0.2) is 30.3 Å². The normalized spacial score (nSPS) is 10.1. The van der Waals surface area contributed by atoms with E-state index in [0.29, 0.717) is 30.2 Å². The smallest absolute Gasteiger partial charge is 0.225 e. The summed E-state index contributed by atoms with van der Waals surface area (Å²) in [6, 6.07) is 7.34. The van der Waals surface area contributed by atoms with Gasteiger partial charge in [-0.15, -0.1) is 0 Å². The first kappa shape index (κ1) is 13.9. The lowest BCUT2D eigenvalue weighted by Gasteiger charge is -2.09. The van der Waals surface area contributed by atoms with E-state index in [0.717, 1.165) is 5.56 Å². The summed E-state index contributed by atoms with van der Waals surface area (Å²) < 4.78 is 10.4. The van der Waals surface area contributed by atoms with Crippen molar-refractivity contribution in [1.82, 2.24) is 10.2 Å². The van der Waals surface area contributed by atoms with Crippen LogP contribution in [0, 0.1) is 0 Å². The fourth-order valence-corrected chi connectivity index (χ4v) is 1.83. The summed E-state index contributed by atoms with van der Waals surface area (Å²) in [7, 11) is 3.18. The molecule has 0 aliphatic carbocycles. The number of hydrogen-bond acceptors (Lipinski definition) is 4. The first-order valence-electron chi connectivity index (χ1n) is 6.23. The predicted molar refractivity (Wildman–Crippen MR) is 75.1 cm³/mol. The Morgan fingerprint density at radius 1 is 1.25 bits per heavy atom. The van der Waals surface area contributed by atoms with Crippen LogP contribution in [0.25, 0.3) is 0 Å². The van der Waals surface area contributed by atoms with Crippen LogP contribution in [0.4, 0.5) is 5.82 Å². The summed E-state index contributed by atoms with van der Waals surface area (Å²) >= 11 is 0. The number of aromatic nitrogens is 2. The Labute approximate surface area is 117 Å². The third-order valence-electron chi connectivity index (χ3n) is 2.86. The van der Waals surface area contributed by atoms with E-state index in [9.17, 15) is 4.79 Å². The van der Waals surface area contributed by atoms with E-state index >= 15 is 0 Å². The van der Waals surface area contributed by atoms with Gasteiger partial charge in [0.05, 0.1) is 20.4 Å². The van der Waals surface area contributed by atoms with Gasteiger partial charge in [-0.25, -0.2) is 0 Å². The van der Waals surface area contributed by atoms with E-state index in [2.05, 4.69) is 15.5 Å². The maximum Gasteiger partial charge on any atom is 0.225 e. The second kappa shape index (κ2) is 6.60. The van der Waals surface area contributed by atoms with Crippen LogP contribution in [0.15, 0.2) is 30.5 Å². The molecule has 1 heterocycles. The minimum Gasteiger partial charge on any atom is -0.493 e. The number of nitrogens with zero attached hydrogens (tertiary/aromatic N) is 1. The van der Waals surface area contributed by atoms with Gasteiger partial charge in [0, 0.05) is 12.5 Å². The van der Waals surface area contributed by atoms with Crippen molar-refractivity contribution in [2.24, 2.45) is 0 Å². The highest BCUT2D eigenvalue weighted by Gasteiger charge is 2.07. The number of carbonyl (C=O) groups excluding carboxylic acids is 1. The maximum absolute atomic E-state index is 11.7. The average molecular weight is 275 g/mol. The van der Waals surface area contributed by atoms with Gasteiger partial charge in [-0.2, -0.15) is 5.10 Å². The Kier molecular flexibility index (Phi) is 4.60. The molecule has 106 valence electrons. The molecule has 1 aromatic heterocycles. The van der Waals surface area contributed by atoms with Crippen molar-refractivity contribution in [2.45, 2.75) is 12.8 Å². The Morgan fingerprint density at radius 3 is 2.70 bits per heavy atom. The minimum absolute atomic E-state index is 0.0657. The Bertz CT molecular complexity index is 567. The molecule has 0 radical (unpaired) electrons. The fraction of sp³-hybridized carbons (Fsp3) is 0.286. The zero-order valence-electron chi connectivity index (χ0n) is 11.5. The van der Waals surface area contributed by atoms with Gasteiger partial charge in [0.2, 0.25) is 5.91 Å². The van der Waals surface area contributed by atoms with E-state index in [1.165, 1.54) is 0 Å². The van der Waals surface area contributed by atoms with Crippen molar-refractivity contribution in [3.63, 3.8) is 0 Å². The number of carbonyl (C=O) groups is 1. The Balaban J connectivity index is 1.92. The lowest BCUT2D eigenvalue weighted by Crippen LogP contribution is -2.12. The molecule has 1 amide bonds. The molecule has 0 saturated carbocycles. The van der Waals surface area contributed by atoms with Gasteiger partial charge in [0.1, 0.15) is 5.82 Å². The highest BCUT2D eigenvalue weighted by molar-refractivity contribution is 5.89. The van der Waals surface area contributed by atoms with E-state index in [1.807, 2.05) is 18.2 Å². The van der Waals surface area contributed by atoms with Crippen LogP contribution in [-0.2, 0) is 11.2 Å². The number of anilines is 1. The topological polar surface area (TPSA) is 76.2 Å². The molecule has 0 spiro atoms. The number of aryl methyl sites for hydroxylation is 1. The maximum atomic E-state index is 11.7. The van der Waals surface area contributed by atoms with Crippen LogP contribution in [0.5, 0.6) is 11.5 Å². The third-order valence-corrected chi connectivity index (χ3v) is 2.86. The molecule has 0 unspecified atom stereocenters. The lowest BCUT2D eigenvalue weighted by atomic mass is 10.1. The van der Waals surface area contributed by atoms with Gasteiger partial charge >= 0.3 is 0 Å². The van der Waals surface area contributed by atoms with Crippen molar-refractivity contribution in [1.29, 1.82) is 0 Å². The first-order chi connectivity index (χ1) is 9.72. The van der Waals surface area contributed by atoms with Crippen molar-refractivity contribution >= 4 is 11.7 Å². The standard InChI is InChI=1S/C14H17N3O3/c1-19-11-5-3-10(9-12(11)20-2)4-6-14(18)16-13-7-8-15-17-13/h3,5,7-9H,4,6H2,1-2H3,(H2,15,16,17,18).